The number of likely N-dealkylation sites (tertiary alicyclic amines) is 1. The van der Waals surface area contributed by atoms with Crippen LogP contribution < -0.4 is 5.32 Å². The lowest BCUT2D eigenvalue weighted by Crippen LogP contribution is -2.45. The third kappa shape index (κ3) is 4.98. The molecule has 2 amide bonds. The largest absolute Gasteiger partial charge is 0.480 e. The van der Waals surface area contributed by atoms with Crippen molar-refractivity contribution in [2.45, 2.75) is 32.4 Å². The summed E-state index contributed by atoms with van der Waals surface area (Å²) in [5, 5.41) is 12.4. The number of rotatable bonds is 5. The molecule has 2 rings (SSSR count). The van der Waals surface area contributed by atoms with E-state index >= 15 is 0 Å². The Labute approximate surface area is 126 Å². The van der Waals surface area contributed by atoms with Crippen molar-refractivity contribution >= 4 is 23.3 Å². The lowest BCUT2D eigenvalue weighted by atomic mass is 10.1. The quantitative estimate of drug-likeness (QED) is 0.853. The second kappa shape index (κ2) is 7.37. The molecule has 0 aliphatic carbocycles. The summed E-state index contributed by atoms with van der Waals surface area (Å²) in [6, 6.07) is -0.0993. The van der Waals surface area contributed by atoms with Crippen molar-refractivity contribution in [3.8, 4) is 0 Å². The molecule has 0 bridgehead atoms. The number of carboxylic acids is 1. The van der Waals surface area contributed by atoms with E-state index in [0.717, 1.165) is 9.88 Å². The zero-order chi connectivity index (χ0) is 15.2. The summed E-state index contributed by atoms with van der Waals surface area (Å²) < 4.78 is 5.24. The Kier molecular flexibility index (Phi) is 5.51. The molecule has 0 unspecified atom stereocenters. The van der Waals surface area contributed by atoms with Gasteiger partial charge in [-0.25, -0.2) is 14.6 Å². The van der Waals surface area contributed by atoms with Gasteiger partial charge in [0.2, 0.25) is 0 Å². The summed E-state index contributed by atoms with van der Waals surface area (Å²) in [4.78, 5) is 29.3. The van der Waals surface area contributed by atoms with Gasteiger partial charge in [0.25, 0.3) is 0 Å². The summed E-state index contributed by atoms with van der Waals surface area (Å²) in [5.74, 6) is -0.963. The van der Waals surface area contributed by atoms with Gasteiger partial charge in [-0.2, -0.15) is 0 Å². The highest BCUT2D eigenvalue weighted by Gasteiger charge is 2.23. The van der Waals surface area contributed by atoms with Gasteiger partial charge in [0.15, 0.2) is 0 Å². The standard InChI is InChI=1S/C13H19N3O4S/c1-9-14-6-11(21-9)7-15-13(19)16-4-2-10(3-5-16)20-8-12(17)18/h6,10H,2-5,7-8H2,1H3,(H,15,19)(H,17,18). The van der Waals surface area contributed by atoms with Gasteiger partial charge in [0, 0.05) is 24.2 Å². The number of carbonyl (C=O) groups excluding carboxylic acids is 1. The number of ether oxygens (including phenoxy) is 1. The highest BCUT2D eigenvalue weighted by atomic mass is 32.1. The Bertz CT molecular complexity index is 497. The molecule has 8 heteroatoms. The summed E-state index contributed by atoms with van der Waals surface area (Å²) in [6.07, 6.45) is 3.03. The predicted molar refractivity (Wildman–Crippen MR) is 77.3 cm³/mol. The van der Waals surface area contributed by atoms with Crippen LogP contribution in [0.4, 0.5) is 4.79 Å². The first-order chi connectivity index (χ1) is 10.0. The molecule has 2 heterocycles. The molecule has 0 saturated carbocycles. The van der Waals surface area contributed by atoms with Crippen molar-refractivity contribution < 1.29 is 19.4 Å². The van der Waals surface area contributed by atoms with Crippen LogP contribution >= 0.6 is 11.3 Å². The fraction of sp³-hybridized carbons (Fsp3) is 0.615. The molecule has 1 aliphatic rings. The summed E-state index contributed by atoms with van der Waals surface area (Å²) in [5.41, 5.74) is 0. The number of urea groups is 1. The maximum Gasteiger partial charge on any atom is 0.329 e. The van der Waals surface area contributed by atoms with E-state index in [1.165, 1.54) is 0 Å². The van der Waals surface area contributed by atoms with Crippen molar-refractivity contribution in [2.24, 2.45) is 0 Å². The zero-order valence-corrected chi connectivity index (χ0v) is 12.7. The van der Waals surface area contributed by atoms with Gasteiger partial charge in [-0.1, -0.05) is 0 Å². The lowest BCUT2D eigenvalue weighted by Gasteiger charge is -2.31. The number of amides is 2. The molecule has 0 atom stereocenters. The highest BCUT2D eigenvalue weighted by molar-refractivity contribution is 7.11. The smallest absolute Gasteiger partial charge is 0.329 e. The van der Waals surface area contributed by atoms with Crippen LogP contribution in [0, 0.1) is 6.92 Å². The third-order valence-electron chi connectivity index (χ3n) is 3.25. The van der Waals surface area contributed by atoms with Gasteiger partial charge in [0.1, 0.15) is 6.61 Å². The molecule has 1 saturated heterocycles. The number of aryl methyl sites for hydroxylation is 1. The minimum absolute atomic E-state index is 0.0747. The molecule has 0 aromatic carbocycles. The molecule has 116 valence electrons. The van der Waals surface area contributed by atoms with Crippen LogP contribution in [0.5, 0.6) is 0 Å². The number of carboxylic acid groups (broad SMARTS) is 1. The van der Waals surface area contributed by atoms with Crippen LogP contribution in [0.2, 0.25) is 0 Å². The number of hydrogen-bond donors (Lipinski definition) is 2. The number of carbonyl (C=O) groups is 2. The number of nitrogens with zero attached hydrogens (tertiary/aromatic N) is 2. The molecule has 1 aromatic rings. The van der Waals surface area contributed by atoms with Crippen LogP contribution in [0.3, 0.4) is 0 Å². The van der Waals surface area contributed by atoms with Gasteiger partial charge in [-0.05, 0) is 19.8 Å². The molecule has 2 N–H and O–H groups in total. The topological polar surface area (TPSA) is 91.8 Å². The van der Waals surface area contributed by atoms with E-state index in [-0.39, 0.29) is 18.7 Å². The lowest BCUT2D eigenvalue weighted by molar-refractivity contribution is -0.145. The fourth-order valence-electron chi connectivity index (χ4n) is 2.18. The molecule has 0 radical (unpaired) electrons. The van der Waals surface area contributed by atoms with Crippen molar-refractivity contribution in [1.82, 2.24) is 15.2 Å². The number of hydrogen-bond acceptors (Lipinski definition) is 5. The second-order valence-corrected chi connectivity index (χ2v) is 6.21. The normalized spacial score (nSPS) is 16.0. The first-order valence-corrected chi connectivity index (χ1v) is 7.63. The molecule has 1 aliphatic heterocycles. The molecule has 1 aromatic heterocycles. The van der Waals surface area contributed by atoms with E-state index in [0.29, 0.717) is 32.5 Å². The highest BCUT2D eigenvalue weighted by Crippen LogP contribution is 2.14. The SMILES string of the molecule is Cc1ncc(CNC(=O)N2CCC(OCC(=O)O)CC2)s1. The van der Waals surface area contributed by atoms with E-state index in [9.17, 15) is 9.59 Å². The van der Waals surface area contributed by atoms with Gasteiger partial charge in [-0.15, -0.1) is 11.3 Å². The van der Waals surface area contributed by atoms with Crippen LogP contribution in [0.15, 0.2) is 6.20 Å². The predicted octanol–water partition coefficient (Wildman–Crippen LogP) is 1.23. The van der Waals surface area contributed by atoms with E-state index in [2.05, 4.69) is 10.3 Å². The van der Waals surface area contributed by atoms with Gasteiger partial charge >= 0.3 is 12.0 Å². The molecule has 7 nitrogen and oxygen atoms in total. The van der Waals surface area contributed by atoms with Crippen molar-refractivity contribution in [3.63, 3.8) is 0 Å². The first kappa shape index (κ1) is 15.7. The summed E-state index contributed by atoms with van der Waals surface area (Å²) in [7, 11) is 0. The molecule has 0 spiro atoms. The third-order valence-corrected chi connectivity index (χ3v) is 4.17. The summed E-state index contributed by atoms with van der Waals surface area (Å²) >= 11 is 1.57. The summed E-state index contributed by atoms with van der Waals surface area (Å²) in [6.45, 7) is 3.30. The van der Waals surface area contributed by atoms with Crippen LogP contribution in [0.25, 0.3) is 0 Å². The minimum Gasteiger partial charge on any atom is -0.480 e. The Morgan fingerprint density at radius 2 is 2.24 bits per heavy atom. The van der Waals surface area contributed by atoms with Crippen LogP contribution in [-0.2, 0) is 16.1 Å². The maximum absolute atomic E-state index is 12.0. The van der Waals surface area contributed by atoms with Crippen molar-refractivity contribution in [3.05, 3.63) is 16.1 Å². The maximum atomic E-state index is 12.0. The fourth-order valence-corrected chi connectivity index (χ4v) is 2.91. The minimum atomic E-state index is -0.963. The Hall–Kier alpha value is -1.67. The van der Waals surface area contributed by atoms with E-state index in [1.54, 1.807) is 22.4 Å². The van der Waals surface area contributed by atoms with Crippen LogP contribution in [0.1, 0.15) is 22.7 Å². The Morgan fingerprint density at radius 1 is 1.52 bits per heavy atom. The average Bonchev–Trinajstić information content (AvgIpc) is 2.89. The zero-order valence-electron chi connectivity index (χ0n) is 11.9. The molecular formula is C13H19N3O4S. The molecular weight excluding hydrogens is 294 g/mol. The number of aliphatic carboxylic acids is 1. The first-order valence-electron chi connectivity index (χ1n) is 6.82. The van der Waals surface area contributed by atoms with Gasteiger partial charge in [0.05, 0.1) is 17.7 Å². The van der Waals surface area contributed by atoms with E-state index in [4.69, 9.17) is 9.84 Å². The van der Waals surface area contributed by atoms with Gasteiger partial charge < -0.3 is 20.1 Å². The van der Waals surface area contributed by atoms with Crippen molar-refractivity contribution in [2.75, 3.05) is 19.7 Å². The van der Waals surface area contributed by atoms with E-state index in [1.807, 2.05) is 6.92 Å². The van der Waals surface area contributed by atoms with Crippen LogP contribution in [-0.4, -0.2) is 52.8 Å². The number of nitrogens with one attached hydrogen (secondary N) is 1. The second-order valence-electron chi connectivity index (χ2n) is 4.90. The molecule has 1 fully saturated rings. The number of thiazole rings is 1. The number of piperidine rings is 1. The van der Waals surface area contributed by atoms with E-state index < -0.39 is 5.97 Å². The average molecular weight is 313 g/mol. The molecule has 21 heavy (non-hydrogen) atoms. The van der Waals surface area contributed by atoms with Crippen molar-refractivity contribution in [1.29, 1.82) is 0 Å². The monoisotopic (exact) mass is 313 g/mol. The van der Waals surface area contributed by atoms with Gasteiger partial charge in [-0.3, -0.25) is 0 Å². The Morgan fingerprint density at radius 3 is 2.81 bits per heavy atom. The Balaban J connectivity index is 1.69. The number of aromatic nitrogens is 1.